The second-order valence-electron chi connectivity index (χ2n) is 5.96. The van der Waals surface area contributed by atoms with E-state index in [1.165, 1.54) is 48.5 Å². The minimum atomic E-state index is -1.65. The monoisotopic (exact) mass is 389 g/mol. The largest absolute Gasteiger partial charge is 0.505 e. The minimum Gasteiger partial charge on any atom is -0.505 e. The molecule has 9 heteroatoms. The molecule has 27 heavy (non-hydrogen) atoms. The number of rotatable bonds is 6. The van der Waals surface area contributed by atoms with E-state index in [0.29, 0.717) is 4.88 Å². The molecule has 3 N–H and O–H groups in total. The number of halogens is 1. The molecule has 0 unspecified atom stereocenters. The predicted molar refractivity (Wildman–Crippen MR) is 103 cm³/mol. The van der Waals surface area contributed by atoms with Gasteiger partial charge in [0.2, 0.25) is 6.30 Å². The Morgan fingerprint density at radius 3 is 2.48 bits per heavy atom. The summed E-state index contributed by atoms with van der Waals surface area (Å²) in [6, 6.07) is 7.61. The Bertz CT molecular complexity index is 1060. The van der Waals surface area contributed by atoms with E-state index in [2.05, 4.69) is 10.6 Å². The van der Waals surface area contributed by atoms with Crippen LogP contribution in [0.4, 0.5) is 21.5 Å². The molecular formula is C18H16FN3O4S. The van der Waals surface area contributed by atoms with Gasteiger partial charge in [-0.2, -0.15) is 0 Å². The Morgan fingerprint density at radius 1 is 1.15 bits per heavy atom. The molecule has 0 fully saturated rings. The number of benzene rings is 1. The standard InChI is InChI=1S/C18H16FN3O4S/c1-22(2)18(26)9-5-3-6-10(14(9)23)20-12-13(16(25)15(12)24)21-17(19)11-7-4-8-27-11/h3-8,17,20-21,23H,1-2H3/t17-/m0/s1. The predicted octanol–water partition coefficient (Wildman–Crippen LogP) is 2.58. The van der Waals surface area contributed by atoms with Crippen molar-refractivity contribution in [1.82, 2.24) is 4.90 Å². The lowest BCUT2D eigenvalue weighted by Crippen LogP contribution is -2.37. The van der Waals surface area contributed by atoms with E-state index in [0.717, 1.165) is 0 Å². The van der Waals surface area contributed by atoms with Gasteiger partial charge in [0.05, 0.1) is 16.1 Å². The lowest BCUT2D eigenvalue weighted by Gasteiger charge is -2.18. The van der Waals surface area contributed by atoms with Crippen LogP contribution < -0.4 is 21.5 Å². The lowest BCUT2D eigenvalue weighted by molar-refractivity contribution is 0.0824. The van der Waals surface area contributed by atoms with Crippen molar-refractivity contribution in [3.8, 4) is 5.75 Å². The first kappa shape index (κ1) is 18.6. The molecule has 3 aromatic rings. The van der Waals surface area contributed by atoms with E-state index >= 15 is 0 Å². The van der Waals surface area contributed by atoms with Gasteiger partial charge < -0.3 is 20.6 Å². The summed E-state index contributed by atoms with van der Waals surface area (Å²) in [5.41, 5.74) is -1.96. The van der Waals surface area contributed by atoms with Gasteiger partial charge in [-0.3, -0.25) is 14.4 Å². The van der Waals surface area contributed by atoms with Crippen molar-refractivity contribution in [3.05, 3.63) is 66.6 Å². The van der Waals surface area contributed by atoms with Crippen molar-refractivity contribution in [1.29, 1.82) is 0 Å². The third-order valence-corrected chi connectivity index (χ3v) is 4.82. The first-order valence-corrected chi connectivity index (χ1v) is 8.77. The fourth-order valence-electron chi connectivity index (χ4n) is 2.47. The van der Waals surface area contributed by atoms with Crippen LogP contribution in [-0.2, 0) is 0 Å². The number of phenolic OH excluding ortho intramolecular Hbond substituents is 1. The lowest BCUT2D eigenvalue weighted by atomic mass is 10.1. The first-order valence-electron chi connectivity index (χ1n) is 7.89. The van der Waals surface area contributed by atoms with Crippen molar-refractivity contribution >= 4 is 34.3 Å². The molecular weight excluding hydrogens is 373 g/mol. The van der Waals surface area contributed by atoms with Crippen molar-refractivity contribution in [3.63, 3.8) is 0 Å². The number of alkyl halides is 1. The molecule has 0 aliphatic rings. The Hall–Kier alpha value is -3.20. The number of carbonyl (C=O) groups excluding carboxylic acids is 1. The van der Waals surface area contributed by atoms with Gasteiger partial charge in [0.15, 0.2) is 5.75 Å². The van der Waals surface area contributed by atoms with E-state index in [1.807, 2.05) is 0 Å². The summed E-state index contributed by atoms with van der Waals surface area (Å²) in [5, 5.41) is 17.0. The van der Waals surface area contributed by atoms with Gasteiger partial charge in [0.25, 0.3) is 16.8 Å². The number of hydrogen-bond donors (Lipinski definition) is 3. The summed E-state index contributed by atoms with van der Waals surface area (Å²) in [7, 11) is 3.07. The molecule has 1 aromatic heterocycles. The van der Waals surface area contributed by atoms with Crippen LogP contribution in [0.1, 0.15) is 21.5 Å². The fraction of sp³-hybridized carbons (Fsp3) is 0.167. The van der Waals surface area contributed by atoms with E-state index in [1.54, 1.807) is 17.5 Å². The Morgan fingerprint density at radius 2 is 1.85 bits per heavy atom. The van der Waals surface area contributed by atoms with Crippen molar-refractivity contribution in [2.75, 3.05) is 24.7 Å². The molecule has 0 aliphatic heterocycles. The molecule has 7 nitrogen and oxygen atoms in total. The SMILES string of the molecule is CN(C)C(=O)c1cccc(Nc2c(N[C@H](F)c3cccs3)c(=O)c2=O)c1O. The third-order valence-electron chi connectivity index (χ3n) is 3.91. The number of hydrogen-bond acceptors (Lipinski definition) is 7. The maximum absolute atomic E-state index is 14.3. The number of para-hydroxylation sites is 1. The van der Waals surface area contributed by atoms with Crippen LogP contribution in [0, 0.1) is 0 Å². The average Bonchev–Trinajstić information content (AvgIpc) is 3.19. The molecule has 140 valence electrons. The van der Waals surface area contributed by atoms with Crippen molar-refractivity contribution in [2.45, 2.75) is 6.30 Å². The molecule has 2 aromatic carbocycles. The number of nitrogens with one attached hydrogen (secondary N) is 2. The van der Waals surface area contributed by atoms with E-state index in [4.69, 9.17) is 0 Å². The van der Waals surface area contributed by atoms with Crippen LogP contribution in [0.2, 0.25) is 0 Å². The maximum Gasteiger partial charge on any atom is 0.257 e. The molecule has 0 radical (unpaired) electrons. The van der Waals surface area contributed by atoms with Crippen LogP contribution in [0.3, 0.4) is 0 Å². The van der Waals surface area contributed by atoms with Gasteiger partial charge in [-0.25, -0.2) is 4.39 Å². The second-order valence-corrected chi connectivity index (χ2v) is 6.94. The molecule has 0 spiro atoms. The number of anilines is 3. The van der Waals surface area contributed by atoms with Gasteiger partial charge in [-0.1, -0.05) is 12.1 Å². The molecule has 1 amide bonds. The highest BCUT2D eigenvalue weighted by Gasteiger charge is 2.26. The zero-order valence-corrected chi connectivity index (χ0v) is 15.3. The van der Waals surface area contributed by atoms with E-state index in [9.17, 15) is 23.9 Å². The maximum atomic E-state index is 14.3. The van der Waals surface area contributed by atoms with Gasteiger partial charge >= 0.3 is 0 Å². The highest BCUT2D eigenvalue weighted by molar-refractivity contribution is 7.10. The first-order chi connectivity index (χ1) is 12.8. The Kier molecular flexibility index (Phi) is 4.95. The molecule has 1 atom stereocenters. The Labute approximate surface area is 157 Å². The topological polar surface area (TPSA) is 98.7 Å². The zero-order chi connectivity index (χ0) is 19.7. The Balaban J connectivity index is 1.89. The number of amides is 1. The molecule has 3 rings (SSSR count). The van der Waals surface area contributed by atoms with Gasteiger partial charge in [0, 0.05) is 14.1 Å². The zero-order valence-electron chi connectivity index (χ0n) is 14.4. The summed E-state index contributed by atoms with van der Waals surface area (Å²) in [5.74, 6) is -0.800. The molecule has 0 aliphatic carbocycles. The summed E-state index contributed by atoms with van der Waals surface area (Å²) in [4.78, 5) is 37.5. The van der Waals surface area contributed by atoms with Crippen molar-refractivity contribution in [2.24, 2.45) is 0 Å². The van der Waals surface area contributed by atoms with Crippen LogP contribution in [-0.4, -0.2) is 30.0 Å². The van der Waals surface area contributed by atoms with E-state index in [-0.39, 0.29) is 28.4 Å². The van der Waals surface area contributed by atoms with Gasteiger partial charge in [-0.05, 0) is 23.6 Å². The fourth-order valence-corrected chi connectivity index (χ4v) is 3.12. The minimum absolute atomic E-state index is 0.0279. The van der Waals surface area contributed by atoms with Gasteiger partial charge in [0.1, 0.15) is 11.4 Å². The number of aromatic hydroxyl groups is 1. The third kappa shape index (κ3) is 3.41. The summed E-state index contributed by atoms with van der Waals surface area (Å²) in [6.45, 7) is 0. The number of thiophene rings is 1. The summed E-state index contributed by atoms with van der Waals surface area (Å²) >= 11 is 1.17. The van der Waals surface area contributed by atoms with Crippen LogP contribution in [0.25, 0.3) is 0 Å². The van der Waals surface area contributed by atoms with Crippen LogP contribution in [0.15, 0.2) is 45.3 Å². The van der Waals surface area contributed by atoms with Crippen molar-refractivity contribution < 1.29 is 14.3 Å². The summed E-state index contributed by atoms with van der Waals surface area (Å²) in [6.07, 6.45) is -1.65. The molecule has 0 bridgehead atoms. The number of nitrogens with zero attached hydrogens (tertiary/aromatic N) is 1. The second kappa shape index (κ2) is 7.20. The van der Waals surface area contributed by atoms with Crippen LogP contribution in [0.5, 0.6) is 5.75 Å². The average molecular weight is 389 g/mol. The quantitative estimate of drug-likeness (QED) is 0.341. The normalized spacial score (nSPS) is 12.0. The van der Waals surface area contributed by atoms with Gasteiger partial charge in [-0.15, -0.1) is 11.3 Å². The smallest absolute Gasteiger partial charge is 0.257 e. The summed E-state index contributed by atoms with van der Waals surface area (Å²) < 4.78 is 14.3. The molecule has 1 heterocycles. The number of carbonyl (C=O) groups is 1. The number of phenols is 1. The molecule has 0 saturated carbocycles. The highest BCUT2D eigenvalue weighted by atomic mass is 32.1. The highest BCUT2D eigenvalue weighted by Crippen LogP contribution is 2.33. The molecule has 0 saturated heterocycles. The van der Waals surface area contributed by atoms with E-state index < -0.39 is 23.1 Å². The van der Waals surface area contributed by atoms with Crippen LogP contribution >= 0.6 is 11.3 Å².